The Morgan fingerprint density at radius 1 is 1.48 bits per heavy atom. The monoisotopic (exact) mass is 389 g/mol. The Labute approximate surface area is 139 Å². The van der Waals surface area contributed by atoms with Crippen LogP contribution in [0.1, 0.15) is 17.7 Å². The SMILES string of the molecule is COc1ncc(Br)cc1CNC(=O)Nc1cnn(C)c1C(F)F. The fourth-order valence-electron chi connectivity index (χ4n) is 1.92. The molecule has 0 atom stereocenters. The predicted molar refractivity (Wildman–Crippen MR) is 82.5 cm³/mol. The van der Waals surface area contributed by atoms with Gasteiger partial charge in [0.15, 0.2) is 0 Å². The maximum Gasteiger partial charge on any atom is 0.319 e. The van der Waals surface area contributed by atoms with Crippen molar-refractivity contribution in [2.45, 2.75) is 13.0 Å². The fourth-order valence-corrected chi connectivity index (χ4v) is 2.30. The minimum atomic E-state index is -2.74. The highest BCUT2D eigenvalue weighted by atomic mass is 79.9. The summed E-state index contributed by atoms with van der Waals surface area (Å²) in [6.45, 7) is 0.117. The van der Waals surface area contributed by atoms with Crippen LogP contribution < -0.4 is 15.4 Å². The number of pyridine rings is 1. The lowest BCUT2D eigenvalue weighted by atomic mass is 10.2. The molecular weight excluding hydrogens is 376 g/mol. The molecule has 10 heteroatoms. The first-order chi connectivity index (χ1) is 10.9. The van der Waals surface area contributed by atoms with E-state index in [-0.39, 0.29) is 17.9 Å². The topological polar surface area (TPSA) is 81.1 Å². The van der Waals surface area contributed by atoms with Gasteiger partial charge >= 0.3 is 6.03 Å². The summed E-state index contributed by atoms with van der Waals surface area (Å²) in [6.07, 6.45) is -0.0119. The van der Waals surface area contributed by atoms with E-state index in [1.807, 2.05) is 0 Å². The van der Waals surface area contributed by atoms with Gasteiger partial charge < -0.3 is 15.4 Å². The first-order valence-corrected chi connectivity index (χ1v) is 7.25. The number of alkyl halides is 2. The summed E-state index contributed by atoms with van der Waals surface area (Å²) in [7, 11) is 2.84. The average molecular weight is 390 g/mol. The Balaban J connectivity index is 2.03. The predicted octanol–water partition coefficient (Wildman–Crippen LogP) is 2.85. The number of methoxy groups -OCH3 is 1. The smallest absolute Gasteiger partial charge is 0.319 e. The van der Waals surface area contributed by atoms with Crippen molar-refractivity contribution in [2.24, 2.45) is 7.05 Å². The quantitative estimate of drug-likeness (QED) is 0.823. The summed E-state index contributed by atoms with van der Waals surface area (Å²) in [5.41, 5.74) is 0.235. The van der Waals surface area contributed by atoms with Crippen molar-refractivity contribution in [3.05, 3.63) is 34.2 Å². The molecule has 2 N–H and O–H groups in total. The van der Waals surface area contributed by atoms with E-state index < -0.39 is 12.5 Å². The molecule has 0 aliphatic heterocycles. The summed E-state index contributed by atoms with van der Waals surface area (Å²) in [6, 6.07) is 1.10. The van der Waals surface area contributed by atoms with Gasteiger partial charge in [0.25, 0.3) is 6.43 Å². The first kappa shape index (κ1) is 17.1. The minimum absolute atomic E-state index is 0.0423. The number of aromatic nitrogens is 3. The van der Waals surface area contributed by atoms with Crippen LogP contribution in [-0.4, -0.2) is 27.9 Å². The Morgan fingerprint density at radius 2 is 2.22 bits per heavy atom. The summed E-state index contributed by atoms with van der Waals surface area (Å²) in [5.74, 6) is 0.364. The van der Waals surface area contributed by atoms with Gasteiger partial charge in [0.2, 0.25) is 5.88 Å². The van der Waals surface area contributed by atoms with Crippen molar-refractivity contribution in [3.8, 4) is 5.88 Å². The number of ether oxygens (including phenoxy) is 1. The second-order valence-electron chi connectivity index (χ2n) is 4.50. The van der Waals surface area contributed by atoms with Gasteiger partial charge in [0, 0.05) is 29.8 Å². The highest BCUT2D eigenvalue weighted by Gasteiger charge is 2.19. The summed E-state index contributed by atoms with van der Waals surface area (Å²) in [4.78, 5) is 15.9. The number of anilines is 1. The lowest BCUT2D eigenvalue weighted by molar-refractivity contribution is 0.141. The third-order valence-electron chi connectivity index (χ3n) is 2.96. The molecule has 0 aromatic carbocycles. The lowest BCUT2D eigenvalue weighted by Gasteiger charge is -2.10. The van der Waals surface area contributed by atoms with E-state index in [0.29, 0.717) is 11.4 Å². The van der Waals surface area contributed by atoms with Crippen LogP contribution in [0.4, 0.5) is 19.3 Å². The highest BCUT2D eigenvalue weighted by Crippen LogP contribution is 2.26. The Kier molecular flexibility index (Phi) is 5.48. The second-order valence-corrected chi connectivity index (χ2v) is 5.41. The molecule has 23 heavy (non-hydrogen) atoms. The van der Waals surface area contributed by atoms with E-state index >= 15 is 0 Å². The Bertz CT molecular complexity index is 708. The molecule has 0 unspecified atom stereocenters. The number of nitrogens with one attached hydrogen (secondary N) is 2. The number of hydrogen-bond acceptors (Lipinski definition) is 4. The van der Waals surface area contributed by atoms with Gasteiger partial charge in [-0.25, -0.2) is 18.6 Å². The van der Waals surface area contributed by atoms with Crippen LogP contribution in [0.3, 0.4) is 0 Å². The van der Waals surface area contributed by atoms with Gasteiger partial charge in [-0.2, -0.15) is 5.10 Å². The largest absolute Gasteiger partial charge is 0.481 e. The van der Waals surface area contributed by atoms with Gasteiger partial charge in [-0.05, 0) is 22.0 Å². The van der Waals surface area contributed by atoms with Gasteiger partial charge in [0.1, 0.15) is 5.69 Å². The van der Waals surface area contributed by atoms with Crippen LogP contribution in [0.15, 0.2) is 22.9 Å². The van der Waals surface area contributed by atoms with E-state index in [9.17, 15) is 13.6 Å². The number of urea groups is 1. The van der Waals surface area contributed by atoms with Crippen molar-refractivity contribution in [2.75, 3.05) is 12.4 Å². The molecule has 2 aromatic heterocycles. The Hall–Kier alpha value is -2.23. The molecule has 0 saturated heterocycles. The van der Waals surface area contributed by atoms with Crippen molar-refractivity contribution < 1.29 is 18.3 Å². The minimum Gasteiger partial charge on any atom is -0.481 e. The fraction of sp³-hybridized carbons (Fsp3) is 0.308. The van der Waals surface area contributed by atoms with E-state index in [4.69, 9.17) is 4.74 Å². The maximum absolute atomic E-state index is 12.9. The third kappa shape index (κ3) is 4.15. The van der Waals surface area contributed by atoms with E-state index in [0.717, 1.165) is 9.15 Å². The number of rotatable bonds is 5. The molecular formula is C13H14BrF2N5O2. The first-order valence-electron chi connectivity index (χ1n) is 6.45. The normalized spacial score (nSPS) is 10.7. The van der Waals surface area contributed by atoms with Crippen LogP contribution in [0.5, 0.6) is 5.88 Å². The standard InChI is InChI=1S/C13H14BrF2N5O2/c1-21-10(11(15)16)9(6-19-21)20-13(22)18-4-7-3-8(14)5-17-12(7)23-2/h3,5-6,11H,4H2,1-2H3,(H2,18,20,22). The van der Waals surface area contributed by atoms with Crippen LogP contribution >= 0.6 is 15.9 Å². The average Bonchev–Trinajstić information content (AvgIpc) is 2.86. The number of amides is 2. The number of carbonyl (C=O) groups excluding carboxylic acids is 1. The molecule has 2 amide bonds. The van der Waals surface area contributed by atoms with Gasteiger partial charge in [-0.15, -0.1) is 0 Å². The number of halogens is 3. The molecule has 2 rings (SSSR count). The molecule has 0 spiro atoms. The van der Waals surface area contributed by atoms with Crippen LogP contribution in [0.25, 0.3) is 0 Å². The lowest BCUT2D eigenvalue weighted by Crippen LogP contribution is -2.28. The molecule has 7 nitrogen and oxygen atoms in total. The van der Waals surface area contributed by atoms with Crippen molar-refractivity contribution >= 4 is 27.6 Å². The van der Waals surface area contributed by atoms with Crippen LogP contribution in [0.2, 0.25) is 0 Å². The van der Waals surface area contributed by atoms with Crippen molar-refractivity contribution in [1.29, 1.82) is 0 Å². The zero-order valence-corrected chi connectivity index (χ0v) is 13.9. The Morgan fingerprint density at radius 3 is 2.87 bits per heavy atom. The van der Waals surface area contributed by atoms with E-state index in [1.165, 1.54) is 20.4 Å². The molecule has 2 aromatic rings. The van der Waals surface area contributed by atoms with Gasteiger partial charge in [0.05, 0.1) is 19.0 Å². The zero-order chi connectivity index (χ0) is 17.0. The number of aryl methyl sites for hydroxylation is 1. The molecule has 0 bridgehead atoms. The van der Waals surface area contributed by atoms with Crippen LogP contribution in [-0.2, 0) is 13.6 Å². The van der Waals surface area contributed by atoms with Gasteiger partial charge in [-0.1, -0.05) is 0 Å². The zero-order valence-electron chi connectivity index (χ0n) is 12.3. The maximum atomic E-state index is 12.9. The molecule has 0 radical (unpaired) electrons. The van der Waals surface area contributed by atoms with E-state index in [1.54, 1.807) is 12.3 Å². The molecule has 2 heterocycles. The molecule has 0 aliphatic rings. The van der Waals surface area contributed by atoms with Gasteiger partial charge in [-0.3, -0.25) is 4.68 Å². The summed E-state index contributed by atoms with van der Waals surface area (Å²) in [5, 5.41) is 8.61. The highest BCUT2D eigenvalue weighted by molar-refractivity contribution is 9.10. The number of nitrogens with zero attached hydrogens (tertiary/aromatic N) is 3. The molecule has 124 valence electrons. The number of hydrogen-bond donors (Lipinski definition) is 2. The molecule has 0 saturated carbocycles. The third-order valence-corrected chi connectivity index (χ3v) is 3.40. The molecule has 0 aliphatic carbocycles. The second kappa shape index (κ2) is 7.36. The van der Waals surface area contributed by atoms with Crippen molar-refractivity contribution in [1.82, 2.24) is 20.1 Å². The summed E-state index contributed by atoms with van der Waals surface area (Å²) >= 11 is 3.27. The molecule has 0 fully saturated rings. The number of carbonyl (C=O) groups is 1. The van der Waals surface area contributed by atoms with Crippen LogP contribution in [0, 0.1) is 0 Å². The summed E-state index contributed by atoms with van der Waals surface area (Å²) < 4.78 is 32.6. The van der Waals surface area contributed by atoms with E-state index in [2.05, 4.69) is 36.6 Å². The van der Waals surface area contributed by atoms with Crippen molar-refractivity contribution in [3.63, 3.8) is 0 Å².